The zero-order valence-corrected chi connectivity index (χ0v) is 18.4. The van der Waals surface area contributed by atoms with Gasteiger partial charge in [-0.15, -0.1) is 35.3 Å². The topological polar surface area (TPSA) is 73.8 Å². The molecule has 2 rings (SSSR count). The lowest BCUT2D eigenvalue weighted by molar-refractivity contribution is 0.523. The summed E-state index contributed by atoms with van der Waals surface area (Å²) >= 11 is 1.28. The predicted molar refractivity (Wildman–Crippen MR) is 111 cm³/mol. The van der Waals surface area contributed by atoms with Crippen LogP contribution in [0, 0.1) is 0 Å². The molecular formula is C15H27IN4O2S2. The second-order valence-electron chi connectivity index (χ2n) is 5.83. The molecule has 0 aromatic carbocycles. The van der Waals surface area contributed by atoms with Gasteiger partial charge >= 0.3 is 0 Å². The van der Waals surface area contributed by atoms with Gasteiger partial charge in [-0.1, -0.05) is 12.8 Å². The summed E-state index contributed by atoms with van der Waals surface area (Å²) in [5.74, 6) is 0.810. The van der Waals surface area contributed by atoms with Gasteiger partial charge in [0.05, 0.1) is 6.54 Å². The summed E-state index contributed by atoms with van der Waals surface area (Å²) < 4.78 is 25.8. The normalized spacial score (nSPS) is 16.2. The van der Waals surface area contributed by atoms with Gasteiger partial charge < -0.3 is 10.6 Å². The zero-order valence-electron chi connectivity index (χ0n) is 14.4. The van der Waals surface area contributed by atoms with Gasteiger partial charge in [0.2, 0.25) is 0 Å². The number of nitrogens with one attached hydrogen (secondary N) is 2. The maximum absolute atomic E-state index is 12.1. The van der Waals surface area contributed by atoms with Crippen LogP contribution in [-0.2, 0) is 16.6 Å². The van der Waals surface area contributed by atoms with Gasteiger partial charge in [-0.2, -0.15) is 0 Å². The van der Waals surface area contributed by atoms with Crippen molar-refractivity contribution in [1.29, 1.82) is 0 Å². The van der Waals surface area contributed by atoms with Gasteiger partial charge in [0, 0.05) is 31.6 Å². The van der Waals surface area contributed by atoms with E-state index in [0.717, 1.165) is 17.4 Å². The third kappa shape index (κ3) is 5.85. The second kappa shape index (κ2) is 9.93. The number of thiophene rings is 1. The first-order valence-corrected chi connectivity index (χ1v) is 10.2. The van der Waals surface area contributed by atoms with Crippen LogP contribution >= 0.6 is 35.3 Å². The van der Waals surface area contributed by atoms with E-state index in [2.05, 4.69) is 15.6 Å². The summed E-state index contributed by atoms with van der Waals surface area (Å²) in [6.07, 6.45) is 4.92. The highest BCUT2D eigenvalue weighted by atomic mass is 127. The van der Waals surface area contributed by atoms with E-state index in [1.165, 1.54) is 41.3 Å². The van der Waals surface area contributed by atoms with E-state index in [1.807, 2.05) is 13.0 Å². The Morgan fingerprint density at radius 3 is 2.58 bits per heavy atom. The van der Waals surface area contributed by atoms with Gasteiger partial charge in [-0.05, 0) is 31.9 Å². The Balaban J connectivity index is 0.00000288. The van der Waals surface area contributed by atoms with E-state index >= 15 is 0 Å². The summed E-state index contributed by atoms with van der Waals surface area (Å²) in [7, 11) is -0.265. The summed E-state index contributed by atoms with van der Waals surface area (Å²) in [5.41, 5.74) is 0. The lowest BCUT2D eigenvalue weighted by Crippen LogP contribution is -2.42. The van der Waals surface area contributed by atoms with Gasteiger partial charge in [0.1, 0.15) is 4.21 Å². The first kappa shape index (κ1) is 21.7. The Bertz CT molecular complexity index is 638. The molecule has 9 heteroatoms. The van der Waals surface area contributed by atoms with Crippen LogP contribution in [0.3, 0.4) is 0 Å². The minimum atomic E-state index is -3.35. The smallest absolute Gasteiger partial charge is 0.252 e. The van der Waals surface area contributed by atoms with Crippen LogP contribution < -0.4 is 10.6 Å². The van der Waals surface area contributed by atoms with Gasteiger partial charge in [-0.3, -0.25) is 0 Å². The summed E-state index contributed by atoms with van der Waals surface area (Å²) in [4.78, 5) is 5.52. The number of hydrogen-bond acceptors (Lipinski definition) is 4. The summed E-state index contributed by atoms with van der Waals surface area (Å²) in [6.45, 7) is 3.33. The quantitative estimate of drug-likeness (QED) is 0.369. The van der Waals surface area contributed by atoms with Crippen LogP contribution in [0.1, 0.15) is 37.5 Å². The number of halogens is 1. The molecule has 0 spiro atoms. The number of aliphatic imine (C=N–C) groups is 1. The average molecular weight is 486 g/mol. The standard InChI is InChI=1S/C15H26N4O2S2.HI/c1-4-16-15(18-12-7-5-6-8-12)17-11-13-9-10-14(22-13)23(20,21)19(2)3;/h9-10,12H,4-8,11H2,1-3H3,(H2,16,17,18);1H. The molecule has 1 fully saturated rings. The molecule has 2 N–H and O–H groups in total. The summed E-state index contributed by atoms with van der Waals surface area (Å²) in [6, 6.07) is 3.99. The zero-order chi connectivity index (χ0) is 16.9. The first-order valence-electron chi connectivity index (χ1n) is 7.99. The molecule has 138 valence electrons. The fraction of sp³-hybridized carbons (Fsp3) is 0.667. The summed E-state index contributed by atoms with van der Waals surface area (Å²) in [5, 5.41) is 6.71. The van der Waals surface area contributed by atoms with Crippen LogP contribution in [0.5, 0.6) is 0 Å². The number of sulfonamides is 1. The Labute approximate surface area is 166 Å². The van der Waals surface area contributed by atoms with Crippen molar-refractivity contribution in [3.05, 3.63) is 17.0 Å². The number of rotatable bonds is 6. The molecule has 1 aromatic rings. The highest BCUT2D eigenvalue weighted by Crippen LogP contribution is 2.24. The molecule has 0 aliphatic heterocycles. The molecule has 1 aliphatic carbocycles. The van der Waals surface area contributed by atoms with E-state index in [9.17, 15) is 8.42 Å². The van der Waals surface area contributed by atoms with Crippen LogP contribution in [-0.4, -0.2) is 45.4 Å². The molecule has 0 radical (unpaired) electrons. The lowest BCUT2D eigenvalue weighted by atomic mass is 10.2. The minimum absolute atomic E-state index is 0. The van der Waals surface area contributed by atoms with Crippen molar-refractivity contribution in [1.82, 2.24) is 14.9 Å². The Morgan fingerprint density at radius 1 is 1.33 bits per heavy atom. The van der Waals surface area contributed by atoms with Gasteiger partial charge in [-0.25, -0.2) is 17.7 Å². The third-order valence-electron chi connectivity index (χ3n) is 3.81. The predicted octanol–water partition coefficient (Wildman–Crippen LogP) is 2.61. The molecule has 1 saturated carbocycles. The maximum atomic E-state index is 12.1. The first-order chi connectivity index (χ1) is 10.9. The van der Waals surface area contributed by atoms with Crippen molar-refractivity contribution in [2.75, 3.05) is 20.6 Å². The fourth-order valence-corrected chi connectivity index (χ4v) is 4.95. The van der Waals surface area contributed by atoms with Gasteiger partial charge in [0.15, 0.2) is 5.96 Å². The molecule has 1 heterocycles. The molecule has 0 saturated heterocycles. The van der Waals surface area contributed by atoms with Crippen molar-refractivity contribution in [2.45, 2.75) is 49.4 Å². The maximum Gasteiger partial charge on any atom is 0.252 e. The largest absolute Gasteiger partial charge is 0.357 e. The van der Waals surface area contributed by atoms with E-state index in [1.54, 1.807) is 20.2 Å². The average Bonchev–Trinajstić information content (AvgIpc) is 3.16. The van der Waals surface area contributed by atoms with Crippen molar-refractivity contribution in [2.24, 2.45) is 4.99 Å². The molecule has 1 aromatic heterocycles. The van der Waals surface area contributed by atoms with Crippen molar-refractivity contribution in [3.8, 4) is 0 Å². The van der Waals surface area contributed by atoms with Crippen molar-refractivity contribution >= 4 is 51.3 Å². The number of guanidine groups is 1. The number of hydrogen-bond donors (Lipinski definition) is 2. The van der Waals surface area contributed by atoms with Crippen molar-refractivity contribution in [3.63, 3.8) is 0 Å². The van der Waals surface area contributed by atoms with Crippen molar-refractivity contribution < 1.29 is 8.42 Å². The van der Waals surface area contributed by atoms with Crippen LogP contribution in [0.4, 0.5) is 0 Å². The Hall–Kier alpha value is -0.390. The Kier molecular flexibility index (Phi) is 8.96. The van der Waals surface area contributed by atoms with Gasteiger partial charge in [0.25, 0.3) is 10.0 Å². The molecule has 1 aliphatic rings. The molecule has 6 nitrogen and oxygen atoms in total. The molecule has 24 heavy (non-hydrogen) atoms. The number of nitrogens with zero attached hydrogens (tertiary/aromatic N) is 2. The van der Waals surface area contributed by atoms with E-state index < -0.39 is 10.0 Å². The fourth-order valence-electron chi connectivity index (χ4n) is 2.50. The molecular weight excluding hydrogens is 459 g/mol. The minimum Gasteiger partial charge on any atom is -0.357 e. The SMILES string of the molecule is CCNC(=NCc1ccc(S(=O)(=O)N(C)C)s1)NC1CCCC1.I. The Morgan fingerprint density at radius 2 is 2.00 bits per heavy atom. The third-order valence-corrected chi connectivity index (χ3v) is 7.16. The van der Waals surface area contributed by atoms with Crippen LogP contribution in [0.2, 0.25) is 0 Å². The molecule has 0 atom stereocenters. The van der Waals surface area contributed by atoms with E-state index in [-0.39, 0.29) is 24.0 Å². The highest BCUT2D eigenvalue weighted by molar-refractivity contribution is 14.0. The second-order valence-corrected chi connectivity index (χ2v) is 9.38. The highest BCUT2D eigenvalue weighted by Gasteiger charge is 2.19. The molecule has 0 bridgehead atoms. The molecule has 0 amide bonds. The van der Waals surface area contributed by atoms with E-state index in [0.29, 0.717) is 16.8 Å². The van der Waals surface area contributed by atoms with Crippen LogP contribution in [0.25, 0.3) is 0 Å². The van der Waals surface area contributed by atoms with Crippen LogP contribution in [0.15, 0.2) is 21.3 Å². The lowest BCUT2D eigenvalue weighted by Gasteiger charge is -2.16. The molecule has 0 unspecified atom stereocenters. The monoisotopic (exact) mass is 486 g/mol. The van der Waals surface area contributed by atoms with E-state index in [4.69, 9.17) is 0 Å².